The minimum atomic E-state index is -0.609. The van der Waals surface area contributed by atoms with Gasteiger partial charge in [0.2, 0.25) is 0 Å². The van der Waals surface area contributed by atoms with Crippen LogP contribution in [0.15, 0.2) is 18.2 Å². The molecule has 1 N–H and O–H groups in total. The van der Waals surface area contributed by atoms with Crippen LogP contribution >= 0.6 is 0 Å². The van der Waals surface area contributed by atoms with Crippen LogP contribution in [0.1, 0.15) is 47.3 Å². The van der Waals surface area contributed by atoms with E-state index in [1.54, 1.807) is 4.90 Å². The molecule has 0 saturated heterocycles. The number of aromatic hydroxyl groups is 1. The summed E-state index contributed by atoms with van der Waals surface area (Å²) >= 11 is 0. The number of carbonyl (C=O) groups excluding carboxylic acids is 1. The third-order valence-corrected chi connectivity index (χ3v) is 4.52. The van der Waals surface area contributed by atoms with Gasteiger partial charge in [0, 0.05) is 37.7 Å². The van der Waals surface area contributed by atoms with Crippen LogP contribution in [0.4, 0.5) is 5.69 Å². The smallest absolute Gasteiger partial charge is 0.273 e. The van der Waals surface area contributed by atoms with Crippen molar-refractivity contribution >= 4 is 11.6 Å². The number of imidazole rings is 1. The number of non-ortho nitro benzene ring substituents is 1. The van der Waals surface area contributed by atoms with Crippen LogP contribution in [-0.2, 0) is 20.0 Å². The zero-order valence-electron chi connectivity index (χ0n) is 14.4. The Morgan fingerprint density at radius 3 is 2.72 bits per heavy atom. The SMILES string of the molecule is CC(C)c1nc2c(n1C)CCN(C(=O)c1ccc([N+](=O)[O-])cc1O)C2. The molecule has 1 aromatic heterocycles. The Labute approximate surface area is 144 Å². The number of carbonyl (C=O) groups is 1. The van der Waals surface area contributed by atoms with Crippen molar-refractivity contribution < 1.29 is 14.8 Å². The lowest BCUT2D eigenvalue weighted by Gasteiger charge is -2.27. The molecule has 132 valence electrons. The van der Waals surface area contributed by atoms with Gasteiger partial charge in [-0.1, -0.05) is 13.8 Å². The molecule has 0 bridgehead atoms. The third kappa shape index (κ3) is 2.95. The summed E-state index contributed by atoms with van der Waals surface area (Å²) in [5.74, 6) is 0.541. The molecule has 25 heavy (non-hydrogen) atoms. The van der Waals surface area contributed by atoms with Crippen molar-refractivity contribution in [2.75, 3.05) is 6.54 Å². The largest absolute Gasteiger partial charge is 0.507 e. The second kappa shape index (κ2) is 6.19. The van der Waals surface area contributed by atoms with E-state index < -0.39 is 4.92 Å². The Bertz CT molecular complexity index is 857. The van der Waals surface area contributed by atoms with Crippen LogP contribution < -0.4 is 0 Å². The molecular formula is C17H20N4O4. The maximum absolute atomic E-state index is 12.7. The second-order valence-electron chi connectivity index (χ2n) is 6.51. The fourth-order valence-electron chi connectivity index (χ4n) is 3.22. The number of nitrogens with zero attached hydrogens (tertiary/aromatic N) is 4. The van der Waals surface area contributed by atoms with Gasteiger partial charge in [-0.15, -0.1) is 0 Å². The van der Waals surface area contributed by atoms with E-state index in [1.807, 2.05) is 7.05 Å². The van der Waals surface area contributed by atoms with Crippen LogP contribution in [0.3, 0.4) is 0 Å². The summed E-state index contributed by atoms with van der Waals surface area (Å²) in [6.45, 7) is 5.03. The highest BCUT2D eigenvalue weighted by Gasteiger charge is 2.28. The van der Waals surface area contributed by atoms with Gasteiger partial charge in [0.25, 0.3) is 11.6 Å². The number of aromatic nitrogens is 2. The molecule has 1 amide bonds. The van der Waals surface area contributed by atoms with Crippen LogP contribution in [0.25, 0.3) is 0 Å². The number of amides is 1. The molecule has 0 unspecified atom stereocenters. The van der Waals surface area contributed by atoms with Crippen LogP contribution in [0, 0.1) is 10.1 Å². The van der Waals surface area contributed by atoms with Crippen molar-refractivity contribution in [3.63, 3.8) is 0 Å². The van der Waals surface area contributed by atoms with Gasteiger partial charge in [0.05, 0.1) is 28.8 Å². The van der Waals surface area contributed by atoms with Crippen molar-refractivity contribution in [2.45, 2.75) is 32.7 Å². The molecule has 1 aliphatic rings. The first-order valence-electron chi connectivity index (χ1n) is 8.10. The van der Waals surface area contributed by atoms with Gasteiger partial charge in [-0.25, -0.2) is 4.98 Å². The minimum absolute atomic E-state index is 0.0639. The molecule has 0 spiro atoms. The lowest BCUT2D eigenvalue weighted by Crippen LogP contribution is -2.36. The number of nitro benzene ring substituents is 1. The van der Waals surface area contributed by atoms with E-state index in [9.17, 15) is 20.0 Å². The number of phenols is 1. The monoisotopic (exact) mass is 344 g/mol. The number of rotatable bonds is 3. The predicted molar refractivity (Wildman–Crippen MR) is 90.5 cm³/mol. The lowest BCUT2D eigenvalue weighted by molar-refractivity contribution is -0.384. The number of phenolic OH excluding ortho intramolecular Hbond substituents is 1. The summed E-state index contributed by atoms with van der Waals surface area (Å²) in [4.78, 5) is 29.1. The molecule has 0 radical (unpaired) electrons. The van der Waals surface area contributed by atoms with E-state index in [2.05, 4.69) is 23.4 Å². The van der Waals surface area contributed by atoms with Gasteiger partial charge < -0.3 is 14.6 Å². The van der Waals surface area contributed by atoms with Gasteiger partial charge in [0.15, 0.2) is 0 Å². The van der Waals surface area contributed by atoms with Gasteiger partial charge in [-0.05, 0) is 6.07 Å². The molecule has 0 fully saturated rings. The zero-order valence-corrected chi connectivity index (χ0v) is 14.4. The van der Waals surface area contributed by atoms with E-state index in [0.717, 1.165) is 23.3 Å². The van der Waals surface area contributed by atoms with E-state index in [-0.39, 0.29) is 22.9 Å². The number of nitro groups is 1. The van der Waals surface area contributed by atoms with E-state index in [0.29, 0.717) is 25.4 Å². The van der Waals surface area contributed by atoms with Crippen molar-refractivity contribution in [3.8, 4) is 5.75 Å². The topological polar surface area (TPSA) is 102 Å². The molecule has 3 rings (SSSR count). The fraction of sp³-hybridized carbons (Fsp3) is 0.412. The highest BCUT2D eigenvalue weighted by molar-refractivity contribution is 5.97. The van der Waals surface area contributed by atoms with E-state index >= 15 is 0 Å². The average molecular weight is 344 g/mol. The Balaban J connectivity index is 1.86. The molecule has 2 heterocycles. The van der Waals surface area contributed by atoms with Gasteiger partial charge in [-0.2, -0.15) is 0 Å². The Kier molecular flexibility index (Phi) is 4.20. The Morgan fingerprint density at radius 2 is 2.12 bits per heavy atom. The summed E-state index contributed by atoms with van der Waals surface area (Å²) in [5.41, 5.74) is 1.81. The molecule has 2 aromatic rings. The molecule has 8 nitrogen and oxygen atoms in total. The van der Waals surface area contributed by atoms with Crippen LogP contribution in [0.5, 0.6) is 5.75 Å². The van der Waals surface area contributed by atoms with E-state index in [1.165, 1.54) is 12.1 Å². The first-order valence-corrected chi connectivity index (χ1v) is 8.10. The van der Waals surface area contributed by atoms with Crippen LogP contribution in [0.2, 0.25) is 0 Å². The fourth-order valence-corrected chi connectivity index (χ4v) is 3.22. The Morgan fingerprint density at radius 1 is 1.40 bits per heavy atom. The quantitative estimate of drug-likeness (QED) is 0.680. The summed E-state index contributed by atoms with van der Waals surface area (Å²) in [6.07, 6.45) is 0.686. The standard InChI is InChI=1S/C17H20N4O4/c1-10(2)16-18-13-9-20(7-6-14(13)19(16)3)17(23)12-5-4-11(21(24)25)8-15(12)22/h4-5,8,10,22H,6-7,9H2,1-3H3. The molecular weight excluding hydrogens is 324 g/mol. The summed E-state index contributed by atoms with van der Waals surface area (Å²) in [5, 5.41) is 20.7. The molecule has 1 aromatic carbocycles. The number of fused-ring (bicyclic) bond motifs is 1. The average Bonchev–Trinajstić information content (AvgIpc) is 2.90. The summed E-state index contributed by atoms with van der Waals surface area (Å²) in [7, 11) is 1.99. The van der Waals surface area contributed by atoms with Crippen molar-refractivity contribution in [1.82, 2.24) is 14.5 Å². The summed E-state index contributed by atoms with van der Waals surface area (Å²) < 4.78 is 2.09. The maximum Gasteiger partial charge on any atom is 0.273 e. The van der Waals surface area contributed by atoms with Gasteiger partial charge >= 0.3 is 0 Å². The minimum Gasteiger partial charge on any atom is -0.507 e. The van der Waals surface area contributed by atoms with Crippen LogP contribution in [-0.4, -0.2) is 36.9 Å². The number of benzene rings is 1. The maximum atomic E-state index is 12.7. The highest BCUT2D eigenvalue weighted by Crippen LogP contribution is 2.28. The first-order chi connectivity index (χ1) is 11.8. The molecule has 0 aliphatic carbocycles. The summed E-state index contributed by atoms with van der Waals surface area (Å²) in [6, 6.07) is 3.52. The van der Waals surface area contributed by atoms with Crippen molar-refractivity contribution in [3.05, 3.63) is 51.1 Å². The number of hydrogen-bond donors (Lipinski definition) is 1. The van der Waals surface area contributed by atoms with Crippen molar-refractivity contribution in [2.24, 2.45) is 7.05 Å². The lowest BCUT2D eigenvalue weighted by atomic mass is 10.1. The highest BCUT2D eigenvalue weighted by atomic mass is 16.6. The normalized spacial score (nSPS) is 13.8. The molecule has 8 heteroatoms. The Hall–Kier alpha value is -2.90. The van der Waals surface area contributed by atoms with Gasteiger partial charge in [-0.3, -0.25) is 14.9 Å². The molecule has 1 aliphatic heterocycles. The van der Waals surface area contributed by atoms with E-state index in [4.69, 9.17) is 0 Å². The number of hydrogen-bond acceptors (Lipinski definition) is 5. The second-order valence-corrected chi connectivity index (χ2v) is 6.51. The first kappa shape index (κ1) is 16.9. The third-order valence-electron chi connectivity index (χ3n) is 4.52. The predicted octanol–water partition coefficient (Wildman–Crippen LogP) is 2.36. The van der Waals surface area contributed by atoms with Gasteiger partial charge in [0.1, 0.15) is 11.6 Å². The zero-order chi connectivity index (χ0) is 18.3. The molecule has 0 atom stereocenters. The molecule has 0 saturated carbocycles. The van der Waals surface area contributed by atoms with Crippen molar-refractivity contribution in [1.29, 1.82) is 0 Å².